The SMILES string of the molecule is CC(C)Cn1ncnc1CC(C)(O)C(C)C. The molecule has 0 saturated heterocycles. The number of hydrogen-bond acceptors (Lipinski definition) is 3. The van der Waals surface area contributed by atoms with Crippen LogP contribution in [-0.4, -0.2) is 25.5 Å². The lowest BCUT2D eigenvalue weighted by molar-refractivity contribution is 0.0110. The van der Waals surface area contributed by atoms with Crippen molar-refractivity contribution in [3.63, 3.8) is 0 Å². The van der Waals surface area contributed by atoms with Crippen molar-refractivity contribution in [2.75, 3.05) is 0 Å². The van der Waals surface area contributed by atoms with Crippen LogP contribution in [0.2, 0.25) is 0 Å². The first-order valence-electron chi connectivity index (χ1n) is 5.92. The third-order valence-electron chi connectivity index (χ3n) is 2.99. The molecule has 0 fully saturated rings. The fraction of sp³-hybridized carbons (Fsp3) is 0.833. The molecule has 0 aliphatic rings. The molecule has 1 aromatic heterocycles. The van der Waals surface area contributed by atoms with Gasteiger partial charge in [-0.2, -0.15) is 5.10 Å². The third kappa shape index (κ3) is 3.30. The van der Waals surface area contributed by atoms with E-state index in [1.54, 1.807) is 6.33 Å². The molecular weight excluding hydrogens is 202 g/mol. The van der Waals surface area contributed by atoms with Gasteiger partial charge in [0.25, 0.3) is 0 Å². The van der Waals surface area contributed by atoms with E-state index in [0.29, 0.717) is 12.3 Å². The fourth-order valence-electron chi connectivity index (χ4n) is 1.45. The number of rotatable bonds is 5. The molecule has 0 bridgehead atoms. The molecule has 0 radical (unpaired) electrons. The van der Waals surface area contributed by atoms with Gasteiger partial charge in [-0.25, -0.2) is 9.67 Å². The molecule has 1 heterocycles. The predicted octanol–water partition coefficient (Wildman–Crippen LogP) is 1.88. The van der Waals surface area contributed by atoms with Crippen molar-refractivity contribution in [1.82, 2.24) is 14.8 Å². The van der Waals surface area contributed by atoms with Crippen LogP contribution in [0, 0.1) is 11.8 Å². The van der Waals surface area contributed by atoms with Gasteiger partial charge in [0.1, 0.15) is 12.2 Å². The van der Waals surface area contributed by atoms with Gasteiger partial charge in [0.15, 0.2) is 0 Å². The van der Waals surface area contributed by atoms with Gasteiger partial charge < -0.3 is 5.11 Å². The monoisotopic (exact) mass is 225 g/mol. The summed E-state index contributed by atoms with van der Waals surface area (Å²) < 4.78 is 1.89. The lowest BCUT2D eigenvalue weighted by Gasteiger charge is -2.27. The summed E-state index contributed by atoms with van der Waals surface area (Å²) >= 11 is 0. The molecule has 0 amide bonds. The second kappa shape index (κ2) is 4.95. The summed E-state index contributed by atoms with van der Waals surface area (Å²) in [5.41, 5.74) is -0.720. The summed E-state index contributed by atoms with van der Waals surface area (Å²) in [7, 11) is 0. The Morgan fingerprint density at radius 2 is 2.00 bits per heavy atom. The Balaban J connectivity index is 2.77. The number of aliphatic hydroxyl groups is 1. The van der Waals surface area contributed by atoms with E-state index in [0.717, 1.165) is 12.4 Å². The molecular formula is C12H23N3O. The summed E-state index contributed by atoms with van der Waals surface area (Å²) in [5.74, 6) is 1.61. The van der Waals surface area contributed by atoms with E-state index >= 15 is 0 Å². The molecule has 1 unspecified atom stereocenters. The van der Waals surface area contributed by atoms with Crippen LogP contribution in [0.15, 0.2) is 6.33 Å². The highest BCUT2D eigenvalue weighted by molar-refractivity contribution is 4.94. The van der Waals surface area contributed by atoms with Crippen LogP contribution < -0.4 is 0 Å². The highest BCUT2D eigenvalue weighted by Gasteiger charge is 2.27. The van der Waals surface area contributed by atoms with E-state index in [2.05, 4.69) is 23.9 Å². The van der Waals surface area contributed by atoms with Crippen LogP contribution in [-0.2, 0) is 13.0 Å². The summed E-state index contributed by atoms with van der Waals surface area (Å²) in [6.45, 7) is 11.0. The van der Waals surface area contributed by atoms with E-state index < -0.39 is 5.60 Å². The molecule has 1 atom stereocenters. The molecule has 92 valence electrons. The van der Waals surface area contributed by atoms with Crippen molar-refractivity contribution in [3.05, 3.63) is 12.2 Å². The summed E-state index contributed by atoms with van der Waals surface area (Å²) in [5, 5.41) is 14.4. The Morgan fingerprint density at radius 1 is 1.38 bits per heavy atom. The zero-order chi connectivity index (χ0) is 12.3. The van der Waals surface area contributed by atoms with Gasteiger partial charge >= 0.3 is 0 Å². The Kier molecular flexibility index (Phi) is 4.08. The minimum Gasteiger partial charge on any atom is -0.389 e. The minimum atomic E-state index is -0.720. The lowest BCUT2D eigenvalue weighted by atomic mass is 9.89. The molecule has 0 aliphatic heterocycles. The summed E-state index contributed by atoms with van der Waals surface area (Å²) in [4.78, 5) is 4.23. The normalized spacial score (nSPS) is 15.8. The quantitative estimate of drug-likeness (QED) is 0.832. The van der Waals surface area contributed by atoms with Gasteiger partial charge in [0.05, 0.1) is 5.60 Å². The molecule has 1 rings (SSSR count). The first kappa shape index (κ1) is 13.2. The highest BCUT2D eigenvalue weighted by atomic mass is 16.3. The zero-order valence-electron chi connectivity index (χ0n) is 10.9. The minimum absolute atomic E-state index is 0.205. The molecule has 1 N–H and O–H groups in total. The van der Waals surface area contributed by atoms with Crippen molar-refractivity contribution in [2.45, 2.75) is 53.2 Å². The highest BCUT2D eigenvalue weighted by Crippen LogP contribution is 2.20. The fourth-order valence-corrected chi connectivity index (χ4v) is 1.45. The Labute approximate surface area is 97.7 Å². The summed E-state index contributed by atoms with van der Waals surface area (Å²) in [6, 6.07) is 0. The molecule has 4 heteroatoms. The maximum atomic E-state index is 10.2. The van der Waals surface area contributed by atoms with Gasteiger partial charge in [0, 0.05) is 13.0 Å². The van der Waals surface area contributed by atoms with E-state index in [9.17, 15) is 5.11 Å². The number of nitrogens with zero attached hydrogens (tertiary/aromatic N) is 3. The van der Waals surface area contributed by atoms with Crippen LogP contribution in [0.3, 0.4) is 0 Å². The van der Waals surface area contributed by atoms with Crippen LogP contribution in [0.5, 0.6) is 0 Å². The van der Waals surface area contributed by atoms with Crippen LogP contribution in [0.1, 0.15) is 40.4 Å². The molecule has 1 aromatic rings. The molecule has 0 saturated carbocycles. The largest absolute Gasteiger partial charge is 0.389 e. The Bertz CT molecular complexity index is 329. The van der Waals surface area contributed by atoms with Crippen LogP contribution in [0.4, 0.5) is 0 Å². The van der Waals surface area contributed by atoms with Crippen LogP contribution in [0.25, 0.3) is 0 Å². The van der Waals surface area contributed by atoms with Crippen molar-refractivity contribution in [2.24, 2.45) is 11.8 Å². The van der Waals surface area contributed by atoms with Crippen LogP contribution >= 0.6 is 0 Å². The molecule has 16 heavy (non-hydrogen) atoms. The second-order valence-electron chi connectivity index (χ2n) is 5.44. The summed E-state index contributed by atoms with van der Waals surface area (Å²) in [6.07, 6.45) is 2.12. The van der Waals surface area contributed by atoms with Crippen molar-refractivity contribution in [1.29, 1.82) is 0 Å². The molecule has 0 aromatic carbocycles. The lowest BCUT2D eigenvalue weighted by Crippen LogP contribution is -2.35. The average molecular weight is 225 g/mol. The number of aromatic nitrogens is 3. The topological polar surface area (TPSA) is 50.9 Å². The van der Waals surface area contributed by atoms with E-state index in [4.69, 9.17) is 0 Å². The Morgan fingerprint density at radius 3 is 2.50 bits per heavy atom. The van der Waals surface area contributed by atoms with Gasteiger partial charge in [-0.1, -0.05) is 27.7 Å². The first-order chi connectivity index (χ1) is 7.33. The van der Waals surface area contributed by atoms with Gasteiger partial charge in [-0.15, -0.1) is 0 Å². The first-order valence-corrected chi connectivity index (χ1v) is 5.92. The third-order valence-corrected chi connectivity index (χ3v) is 2.99. The van der Waals surface area contributed by atoms with E-state index in [1.807, 2.05) is 25.5 Å². The van der Waals surface area contributed by atoms with Crippen molar-refractivity contribution >= 4 is 0 Å². The van der Waals surface area contributed by atoms with Gasteiger partial charge in [-0.3, -0.25) is 0 Å². The van der Waals surface area contributed by atoms with E-state index in [1.165, 1.54) is 0 Å². The molecule has 4 nitrogen and oxygen atoms in total. The maximum absolute atomic E-state index is 10.2. The van der Waals surface area contributed by atoms with Crippen molar-refractivity contribution in [3.8, 4) is 0 Å². The Hall–Kier alpha value is -0.900. The zero-order valence-corrected chi connectivity index (χ0v) is 10.9. The number of hydrogen-bond donors (Lipinski definition) is 1. The predicted molar refractivity (Wildman–Crippen MR) is 64.0 cm³/mol. The van der Waals surface area contributed by atoms with Gasteiger partial charge in [0.2, 0.25) is 0 Å². The smallest absolute Gasteiger partial charge is 0.138 e. The second-order valence-corrected chi connectivity index (χ2v) is 5.44. The average Bonchev–Trinajstić information content (AvgIpc) is 2.50. The standard InChI is InChI=1S/C12H23N3O/c1-9(2)7-15-11(13-8-14-15)6-12(5,16)10(3)4/h8-10,16H,6-7H2,1-5H3. The van der Waals surface area contributed by atoms with Gasteiger partial charge in [-0.05, 0) is 18.8 Å². The van der Waals surface area contributed by atoms with Crippen molar-refractivity contribution < 1.29 is 5.11 Å². The molecule has 0 aliphatic carbocycles. The van der Waals surface area contributed by atoms with E-state index in [-0.39, 0.29) is 5.92 Å². The maximum Gasteiger partial charge on any atom is 0.138 e. The molecule has 0 spiro atoms.